The molecule has 1 heteroatoms. The van der Waals surface area contributed by atoms with E-state index in [0.717, 1.165) is 12.0 Å². The van der Waals surface area contributed by atoms with E-state index < -0.39 is 0 Å². The fourth-order valence-corrected chi connectivity index (χ4v) is 1.67. The minimum atomic E-state index is -0.337. The number of aliphatic hydroxyl groups excluding tert-OH is 1. The van der Waals surface area contributed by atoms with Gasteiger partial charge in [-0.2, -0.15) is 0 Å². The number of hydrogen-bond donors (Lipinski definition) is 1. The van der Waals surface area contributed by atoms with Crippen molar-refractivity contribution >= 4 is 0 Å². The van der Waals surface area contributed by atoms with E-state index in [4.69, 9.17) is 0 Å². The zero-order valence-corrected chi connectivity index (χ0v) is 10.2. The van der Waals surface area contributed by atoms with Crippen LogP contribution in [0.4, 0.5) is 0 Å². The minimum Gasteiger partial charge on any atom is -0.388 e. The van der Waals surface area contributed by atoms with Crippen LogP contribution in [0.25, 0.3) is 0 Å². The summed E-state index contributed by atoms with van der Waals surface area (Å²) in [6.45, 7) is 8.54. The molecule has 1 aromatic carbocycles. The van der Waals surface area contributed by atoms with Crippen LogP contribution in [0.5, 0.6) is 0 Å². The van der Waals surface area contributed by atoms with Crippen LogP contribution < -0.4 is 0 Å². The molecule has 0 aliphatic carbocycles. The third-order valence-corrected chi connectivity index (χ3v) is 3.25. The maximum Gasteiger partial charge on any atom is 0.0818 e. The second kappa shape index (κ2) is 5.32. The summed E-state index contributed by atoms with van der Waals surface area (Å²) < 4.78 is 0. The van der Waals surface area contributed by atoms with Gasteiger partial charge in [-0.1, -0.05) is 52.0 Å². The second-order valence-electron chi connectivity index (χ2n) is 4.65. The van der Waals surface area contributed by atoms with Crippen molar-refractivity contribution in [3.8, 4) is 0 Å². The highest BCUT2D eigenvalue weighted by Crippen LogP contribution is 2.27. The van der Waals surface area contributed by atoms with Crippen LogP contribution in [-0.4, -0.2) is 5.11 Å². The van der Waals surface area contributed by atoms with Gasteiger partial charge >= 0.3 is 0 Å². The summed E-state index contributed by atoms with van der Waals surface area (Å²) in [6, 6.07) is 8.27. The molecule has 0 radical (unpaired) electrons. The first-order valence-electron chi connectivity index (χ1n) is 5.83. The normalized spacial score (nSPS) is 15.3. The lowest BCUT2D eigenvalue weighted by molar-refractivity contribution is 0.0920. The first kappa shape index (κ1) is 12.3. The Labute approximate surface area is 93.1 Å². The standard InChI is InChI=1S/C14H22O/c1-5-12-7-6-8-13(9-12)14(15)11(4)10(2)3/h6-11,14-15H,5H2,1-4H3. The molecule has 2 unspecified atom stereocenters. The van der Waals surface area contributed by atoms with Gasteiger partial charge in [0.25, 0.3) is 0 Å². The Morgan fingerprint density at radius 3 is 2.40 bits per heavy atom. The Morgan fingerprint density at radius 1 is 1.20 bits per heavy atom. The topological polar surface area (TPSA) is 20.2 Å². The summed E-state index contributed by atoms with van der Waals surface area (Å²) in [5.74, 6) is 0.808. The molecule has 0 aromatic heterocycles. The lowest BCUT2D eigenvalue weighted by Gasteiger charge is -2.22. The molecule has 0 saturated heterocycles. The first-order chi connectivity index (χ1) is 7.06. The highest BCUT2D eigenvalue weighted by molar-refractivity contribution is 5.25. The van der Waals surface area contributed by atoms with E-state index in [2.05, 4.69) is 39.8 Å². The molecule has 1 nitrogen and oxygen atoms in total. The Morgan fingerprint density at radius 2 is 1.87 bits per heavy atom. The van der Waals surface area contributed by atoms with E-state index in [0.29, 0.717) is 11.8 Å². The Hall–Kier alpha value is -0.820. The lowest BCUT2D eigenvalue weighted by Crippen LogP contribution is -2.15. The highest BCUT2D eigenvalue weighted by Gasteiger charge is 2.19. The molecular formula is C14H22O. The van der Waals surface area contributed by atoms with Gasteiger partial charge in [-0.05, 0) is 29.4 Å². The fraction of sp³-hybridized carbons (Fsp3) is 0.571. The molecule has 1 rings (SSSR count). The molecule has 1 aromatic rings. The fourth-order valence-electron chi connectivity index (χ4n) is 1.67. The van der Waals surface area contributed by atoms with Gasteiger partial charge in [0.15, 0.2) is 0 Å². The van der Waals surface area contributed by atoms with Crippen LogP contribution in [0.15, 0.2) is 24.3 Å². The van der Waals surface area contributed by atoms with Crippen molar-refractivity contribution in [2.45, 2.75) is 40.2 Å². The van der Waals surface area contributed by atoms with Gasteiger partial charge in [-0.25, -0.2) is 0 Å². The van der Waals surface area contributed by atoms with Crippen LogP contribution in [0.3, 0.4) is 0 Å². The summed E-state index contributed by atoms with van der Waals surface area (Å²) in [5, 5.41) is 10.2. The smallest absolute Gasteiger partial charge is 0.0818 e. The van der Waals surface area contributed by atoms with E-state index >= 15 is 0 Å². The lowest BCUT2D eigenvalue weighted by atomic mass is 9.87. The molecule has 0 aliphatic heterocycles. The van der Waals surface area contributed by atoms with Crippen molar-refractivity contribution in [1.29, 1.82) is 0 Å². The summed E-state index contributed by atoms with van der Waals surface area (Å²) >= 11 is 0. The van der Waals surface area contributed by atoms with Crippen molar-refractivity contribution in [3.05, 3.63) is 35.4 Å². The van der Waals surface area contributed by atoms with Crippen LogP contribution in [0.2, 0.25) is 0 Å². The predicted molar refractivity (Wildman–Crippen MR) is 64.8 cm³/mol. The van der Waals surface area contributed by atoms with Gasteiger partial charge in [0.1, 0.15) is 0 Å². The maximum absolute atomic E-state index is 10.2. The molecule has 0 amide bonds. The molecule has 0 bridgehead atoms. The average molecular weight is 206 g/mol. The van der Waals surface area contributed by atoms with Gasteiger partial charge in [0.05, 0.1) is 6.10 Å². The number of rotatable bonds is 4. The quantitative estimate of drug-likeness (QED) is 0.798. The zero-order valence-electron chi connectivity index (χ0n) is 10.2. The van der Waals surface area contributed by atoms with Gasteiger partial charge in [-0.3, -0.25) is 0 Å². The number of hydrogen-bond acceptors (Lipinski definition) is 1. The van der Waals surface area contributed by atoms with Crippen molar-refractivity contribution in [2.75, 3.05) is 0 Å². The van der Waals surface area contributed by atoms with Crippen molar-refractivity contribution < 1.29 is 5.11 Å². The average Bonchev–Trinajstić information content (AvgIpc) is 2.27. The summed E-state index contributed by atoms with van der Waals surface area (Å²) in [6.07, 6.45) is 0.688. The van der Waals surface area contributed by atoms with Crippen molar-refractivity contribution in [1.82, 2.24) is 0 Å². The monoisotopic (exact) mass is 206 g/mol. The first-order valence-corrected chi connectivity index (χ1v) is 5.83. The molecule has 0 saturated carbocycles. The molecule has 0 aliphatic rings. The summed E-state index contributed by atoms with van der Waals surface area (Å²) in [5.41, 5.74) is 2.35. The molecule has 1 N–H and O–H groups in total. The minimum absolute atomic E-state index is 0.303. The number of benzene rings is 1. The third kappa shape index (κ3) is 3.07. The van der Waals surface area contributed by atoms with E-state index in [1.807, 2.05) is 12.1 Å². The molecule has 84 valence electrons. The zero-order chi connectivity index (χ0) is 11.4. The van der Waals surface area contributed by atoms with E-state index in [-0.39, 0.29) is 6.10 Å². The Kier molecular flexibility index (Phi) is 4.34. The van der Waals surface area contributed by atoms with Crippen molar-refractivity contribution in [3.63, 3.8) is 0 Å². The molecule has 15 heavy (non-hydrogen) atoms. The Bertz CT molecular complexity index is 304. The predicted octanol–water partition coefficient (Wildman–Crippen LogP) is 3.57. The van der Waals surface area contributed by atoms with E-state index in [9.17, 15) is 5.11 Å². The maximum atomic E-state index is 10.2. The molecule has 2 atom stereocenters. The van der Waals surface area contributed by atoms with Gasteiger partial charge in [0.2, 0.25) is 0 Å². The number of aliphatic hydroxyl groups is 1. The van der Waals surface area contributed by atoms with Crippen LogP contribution >= 0.6 is 0 Å². The van der Waals surface area contributed by atoms with Crippen LogP contribution in [0, 0.1) is 11.8 Å². The summed E-state index contributed by atoms with van der Waals surface area (Å²) in [7, 11) is 0. The number of aryl methyl sites for hydroxylation is 1. The molecular weight excluding hydrogens is 184 g/mol. The summed E-state index contributed by atoms with van der Waals surface area (Å²) in [4.78, 5) is 0. The second-order valence-corrected chi connectivity index (χ2v) is 4.65. The van der Waals surface area contributed by atoms with Gasteiger partial charge < -0.3 is 5.11 Å². The van der Waals surface area contributed by atoms with Crippen molar-refractivity contribution in [2.24, 2.45) is 11.8 Å². The highest BCUT2D eigenvalue weighted by atomic mass is 16.3. The molecule has 0 heterocycles. The van der Waals surface area contributed by atoms with Crippen LogP contribution in [-0.2, 0) is 6.42 Å². The largest absolute Gasteiger partial charge is 0.388 e. The molecule has 0 fully saturated rings. The third-order valence-electron chi connectivity index (χ3n) is 3.25. The SMILES string of the molecule is CCc1cccc(C(O)C(C)C(C)C)c1. The van der Waals surface area contributed by atoms with Crippen LogP contribution in [0.1, 0.15) is 44.9 Å². The van der Waals surface area contributed by atoms with Gasteiger partial charge in [-0.15, -0.1) is 0 Å². The van der Waals surface area contributed by atoms with E-state index in [1.54, 1.807) is 0 Å². The Balaban J connectivity index is 2.85. The van der Waals surface area contributed by atoms with Gasteiger partial charge in [0, 0.05) is 0 Å². The van der Waals surface area contributed by atoms with E-state index in [1.165, 1.54) is 5.56 Å². The molecule has 0 spiro atoms.